The van der Waals surface area contributed by atoms with Crippen molar-refractivity contribution in [3.05, 3.63) is 96.1 Å². The Kier molecular flexibility index (Phi) is 6.21. The van der Waals surface area contributed by atoms with Gasteiger partial charge in [0.1, 0.15) is 5.75 Å². The number of hydrogen-bond acceptors (Lipinski definition) is 3. The highest BCUT2D eigenvalue weighted by molar-refractivity contribution is 6.06. The SMILES string of the molecule is COc1cccc(NC(=O)Nc2ccc(/C=C/C(=O)c3ccccc3)cc2)c1. The zero-order valence-corrected chi connectivity index (χ0v) is 15.4. The Morgan fingerprint density at radius 1 is 0.821 bits per heavy atom. The van der Waals surface area contributed by atoms with Gasteiger partial charge in [-0.05, 0) is 35.9 Å². The molecule has 0 bridgehead atoms. The smallest absolute Gasteiger partial charge is 0.323 e. The molecule has 2 N–H and O–H groups in total. The summed E-state index contributed by atoms with van der Waals surface area (Å²) in [5.74, 6) is 0.611. The number of ether oxygens (including phenoxy) is 1. The first-order chi connectivity index (χ1) is 13.6. The summed E-state index contributed by atoms with van der Waals surface area (Å²) < 4.78 is 5.13. The van der Waals surface area contributed by atoms with E-state index in [9.17, 15) is 9.59 Å². The molecule has 0 saturated carbocycles. The lowest BCUT2D eigenvalue weighted by atomic mass is 10.1. The molecular formula is C23H20N2O3. The summed E-state index contributed by atoms with van der Waals surface area (Å²) in [6.07, 6.45) is 3.28. The second-order valence-corrected chi connectivity index (χ2v) is 6.00. The lowest BCUT2D eigenvalue weighted by Crippen LogP contribution is -2.19. The Balaban J connectivity index is 1.57. The molecule has 28 heavy (non-hydrogen) atoms. The first kappa shape index (κ1) is 18.9. The summed E-state index contributed by atoms with van der Waals surface area (Å²) in [5, 5.41) is 5.51. The molecule has 5 nitrogen and oxygen atoms in total. The van der Waals surface area contributed by atoms with E-state index in [4.69, 9.17) is 4.74 Å². The molecule has 140 valence electrons. The summed E-state index contributed by atoms with van der Waals surface area (Å²) in [5.41, 5.74) is 2.79. The highest BCUT2D eigenvalue weighted by atomic mass is 16.5. The van der Waals surface area contributed by atoms with Crippen molar-refractivity contribution in [2.75, 3.05) is 17.7 Å². The van der Waals surface area contributed by atoms with Gasteiger partial charge in [-0.3, -0.25) is 4.79 Å². The molecule has 3 aromatic rings. The van der Waals surface area contributed by atoms with Crippen LogP contribution in [-0.4, -0.2) is 18.9 Å². The Morgan fingerprint density at radius 2 is 1.54 bits per heavy atom. The van der Waals surface area contributed by atoms with Crippen molar-refractivity contribution in [1.82, 2.24) is 0 Å². The molecule has 0 heterocycles. The maximum atomic E-state index is 12.1. The van der Waals surface area contributed by atoms with E-state index in [1.807, 2.05) is 30.3 Å². The third kappa shape index (κ3) is 5.32. The Morgan fingerprint density at radius 3 is 2.25 bits per heavy atom. The normalized spacial score (nSPS) is 10.5. The van der Waals surface area contributed by atoms with Crippen molar-refractivity contribution >= 4 is 29.3 Å². The van der Waals surface area contributed by atoms with E-state index >= 15 is 0 Å². The number of urea groups is 1. The van der Waals surface area contributed by atoms with E-state index in [2.05, 4.69) is 10.6 Å². The standard InChI is InChI=1S/C23H20N2O3/c1-28-21-9-5-8-20(16-21)25-23(27)24-19-13-10-17(11-14-19)12-15-22(26)18-6-3-2-4-7-18/h2-16H,1H3,(H2,24,25,27)/b15-12+. The minimum Gasteiger partial charge on any atom is -0.497 e. The molecule has 3 aromatic carbocycles. The summed E-state index contributed by atoms with van der Waals surface area (Å²) in [4.78, 5) is 24.2. The zero-order chi connectivity index (χ0) is 19.8. The monoisotopic (exact) mass is 372 g/mol. The molecule has 2 amide bonds. The van der Waals surface area contributed by atoms with Crippen LogP contribution in [0.5, 0.6) is 5.75 Å². The topological polar surface area (TPSA) is 67.4 Å². The molecule has 3 rings (SSSR count). The average molecular weight is 372 g/mol. The number of benzene rings is 3. The quantitative estimate of drug-likeness (QED) is 0.459. The van der Waals surface area contributed by atoms with Gasteiger partial charge in [0.25, 0.3) is 0 Å². The number of hydrogen-bond donors (Lipinski definition) is 2. The van der Waals surface area contributed by atoms with E-state index < -0.39 is 0 Å². The van der Waals surface area contributed by atoms with Crippen molar-refractivity contribution < 1.29 is 14.3 Å². The molecule has 5 heteroatoms. The lowest BCUT2D eigenvalue weighted by Gasteiger charge is -2.09. The largest absolute Gasteiger partial charge is 0.497 e. The molecule has 0 atom stereocenters. The first-order valence-electron chi connectivity index (χ1n) is 8.73. The molecule has 0 fully saturated rings. The number of carbonyl (C=O) groups excluding carboxylic acids is 2. The van der Waals surface area contributed by atoms with Gasteiger partial charge in [0.05, 0.1) is 7.11 Å². The number of allylic oxidation sites excluding steroid dienone is 1. The van der Waals surface area contributed by atoms with Gasteiger partial charge >= 0.3 is 6.03 Å². The van der Waals surface area contributed by atoms with Crippen LogP contribution in [0.1, 0.15) is 15.9 Å². The summed E-state index contributed by atoms with van der Waals surface area (Å²) in [6.45, 7) is 0. The van der Waals surface area contributed by atoms with Crippen molar-refractivity contribution in [3.63, 3.8) is 0 Å². The van der Waals surface area contributed by atoms with Gasteiger partial charge in [-0.25, -0.2) is 4.79 Å². The molecule has 0 aliphatic rings. The number of nitrogens with one attached hydrogen (secondary N) is 2. The van der Waals surface area contributed by atoms with Crippen LogP contribution in [0, 0.1) is 0 Å². The van der Waals surface area contributed by atoms with Crippen molar-refractivity contribution in [2.24, 2.45) is 0 Å². The highest BCUT2D eigenvalue weighted by Crippen LogP contribution is 2.17. The summed E-state index contributed by atoms with van der Waals surface area (Å²) >= 11 is 0. The number of anilines is 2. The third-order valence-electron chi connectivity index (χ3n) is 3.98. The Labute approximate surface area is 163 Å². The second kappa shape index (κ2) is 9.19. The van der Waals surface area contributed by atoms with Crippen molar-refractivity contribution in [2.45, 2.75) is 0 Å². The minimum absolute atomic E-state index is 0.0551. The molecule has 0 radical (unpaired) electrons. The molecule has 0 saturated heterocycles. The average Bonchev–Trinajstić information content (AvgIpc) is 2.73. The fourth-order valence-corrected chi connectivity index (χ4v) is 2.54. The Bertz CT molecular complexity index is 980. The second-order valence-electron chi connectivity index (χ2n) is 6.00. The van der Waals surface area contributed by atoms with Crippen LogP contribution in [0.25, 0.3) is 6.08 Å². The summed E-state index contributed by atoms with van der Waals surface area (Å²) in [6, 6.07) is 23.1. The van der Waals surface area contributed by atoms with Gasteiger partial charge in [0.2, 0.25) is 0 Å². The van der Waals surface area contributed by atoms with E-state index in [-0.39, 0.29) is 11.8 Å². The van der Waals surface area contributed by atoms with Crippen LogP contribution in [0.4, 0.5) is 16.2 Å². The first-order valence-corrected chi connectivity index (χ1v) is 8.73. The lowest BCUT2D eigenvalue weighted by molar-refractivity contribution is 0.104. The third-order valence-corrected chi connectivity index (χ3v) is 3.98. The molecule has 0 spiro atoms. The molecule has 0 aliphatic heterocycles. The van der Waals surface area contributed by atoms with Crippen LogP contribution in [0.3, 0.4) is 0 Å². The number of ketones is 1. The van der Waals surface area contributed by atoms with Crippen LogP contribution in [0.2, 0.25) is 0 Å². The molecule has 0 aliphatic carbocycles. The summed E-state index contributed by atoms with van der Waals surface area (Å²) in [7, 11) is 1.57. The maximum absolute atomic E-state index is 12.1. The minimum atomic E-state index is -0.351. The predicted octanol–water partition coefficient (Wildman–Crippen LogP) is 5.24. The van der Waals surface area contributed by atoms with Crippen LogP contribution in [-0.2, 0) is 0 Å². The highest BCUT2D eigenvalue weighted by Gasteiger charge is 2.04. The van der Waals surface area contributed by atoms with Gasteiger partial charge < -0.3 is 15.4 Å². The fourth-order valence-electron chi connectivity index (χ4n) is 2.54. The predicted molar refractivity (Wildman–Crippen MR) is 112 cm³/mol. The Hall–Kier alpha value is -3.86. The van der Waals surface area contributed by atoms with Gasteiger partial charge in [-0.2, -0.15) is 0 Å². The number of amides is 2. The number of methoxy groups -OCH3 is 1. The van der Waals surface area contributed by atoms with Crippen LogP contribution < -0.4 is 15.4 Å². The van der Waals surface area contributed by atoms with E-state index in [1.165, 1.54) is 6.08 Å². The number of carbonyl (C=O) groups is 2. The van der Waals surface area contributed by atoms with Gasteiger partial charge in [0, 0.05) is 23.0 Å². The van der Waals surface area contributed by atoms with Crippen molar-refractivity contribution in [3.8, 4) is 5.75 Å². The fraction of sp³-hybridized carbons (Fsp3) is 0.0435. The van der Waals surface area contributed by atoms with Crippen LogP contribution in [0.15, 0.2) is 84.9 Å². The van der Waals surface area contributed by atoms with Gasteiger partial charge in [-0.15, -0.1) is 0 Å². The molecule has 0 aromatic heterocycles. The van der Waals surface area contributed by atoms with Crippen molar-refractivity contribution in [1.29, 1.82) is 0 Å². The molecule has 0 unspecified atom stereocenters. The molecular weight excluding hydrogens is 352 g/mol. The van der Waals surface area contributed by atoms with Gasteiger partial charge in [0.15, 0.2) is 5.78 Å². The maximum Gasteiger partial charge on any atom is 0.323 e. The van der Waals surface area contributed by atoms with Gasteiger partial charge in [-0.1, -0.05) is 54.6 Å². The zero-order valence-electron chi connectivity index (χ0n) is 15.4. The van der Waals surface area contributed by atoms with Crippen LogP contribution >= 0.6 is 0 Å². The van der Waals surface area contributed by atoms with E-state index in [1.54, 1.807) is 61.7 Å². The van der Waals surface area contributed by atoms with E-state index in [0.717, 1.165) is 5.56 Å². The van der Waals surface area contributed by atoms with E-state index in [0.29, 0.717) is 22.7 Å². The number of rotatable bonds is 6.